The van der Waals surface area contributed by atoms with Crippen molar-refractivity contribution < 1.29 is 17.9 Å². The lowest BCUT2D eigenvalue weighted by Gasteiger charge is -2.32. The highest BCUT2D eigenvalue weighted by Gasteiger charge is 2.22. The number of anilines is 3. The Morgan fingerprint density at radius 2 is 1.79 bits per heavy atom. The lowest BCUT2D eigenvalue weighted by atomic mass is 10.1. The Labute approximate surface area is 227 Å². The topological polar surface area (TPSA) is 112 Å². The van der Waals surface area contributed by atoms with E-state index in [0.29, 0.717) is 47.0 Å². The van der Waals surface area contributed by atoms with Gasteiger partial charge in [-0.05, 0) is 43.4 Å². The summed E-state index contributed by atoms with van der Waals surface area (Å²) in [5.41, 5.74) is 3.77. The number of nitrogens with one attached hydrogen (secondary N) is 1. The molecule has 1 fully saturated rings. The summed E-state index contributed by atoms with van der Waals surface area (Å²) < 4.78 is 33.0. The SMILES string of the molecule is COc1ccc(C(=O)N2CCN(C)CC2)cc1Nc1ncc2ccc(-c3ccccc3N(C)S(C)(=O)=O)n2n1. The molecule has 4 aromatic rings. The number of carbonyl (C=O) groups excluding carboxylic acids is 1. The van der Waals surface area contributed by atoms with E-state index in [1.54, 1.807) is 48.2 Å². The summed E-state index contributed by atoms with van der Waals surface area (Å²) in [6.45, 7) is 3.03. The van der Waals surface area contributed by atoms with Gasteiger partial charge in [0, 0.05) is 44.4 Å². The number of methoxy groups -OCH3 is 1. The number of para-hydroxylation sites is 1. The van der Waals surface area contributed by atoms with Gasteiger partial charge in [-0.1, -0.05) is 18.2 Å². The lowest BCUT2D eigenvalue weighted by molar-refractivity contribution is 0.0664. The zero-order chi connectivity index (χ0) is 27.7. The van der Waals surface area contributed by atoms with Crippen LogP contribution in [0.15, 0.2) is 60.8 Å². The average Bonchev–Trinajstić information content (AvgIpc) is 3.35. The molecule has 1 saturated heterocycles. The maximum atomic E-state index is 13.2. The second-order valence-corrected chi connectivity index (χ2v) is 11.5. The first-order valence-electron chi connectivity index (χ1n) is 12.5. The number of fused-ring (bicyclic) bond motifs is 1. The third kappa shape index (κ3) is 5.38. The fourth-order valence-electron chi connectivity index (χ4n) is 4.56. The summed E-state index contributed by atoms with van der Waals surface area (Å²) in [7, 11) is 1.66. The second-order valence-electron chi connectivity index (χ2n) is 9.52. The van der Waals surface area contributed by atoms with E-state index in [2.05, 4.69) is 20.3 Å². The zero-order valence-electron chi connectivity index (χ0n) is 22.3. The van der Waals surface area contributed by atoms with E-state index >= 15 is 0 Å². The molecule has 39 heavy (non-hydrogen) atoms. The molecule has 1 aliphatic rings. The van der Waals surface area contributed by atoms with Gasteiger partial charge >= 0.3 is 0 Å². The highest BCUT2D eigenvalue weighted by Crippen LogP contribution is 2.33. The van der Waals surface area contributed by atoms with Gasteiger partial charge in [-0.15, -0.1) is 5.10 Å². The molecule has 11 nitrogen and oxygen atoms in total. The van der Waals surface area contributed by atoms with Crippen molar-refractivity contribution in [1.29, 1.82) is 0 Å². The zero-order valence-corrected chi connectivity index (χ0v) is 23.1. The fourth-order valence-corrected chi connectivity index (χ4v) is 5.07. The third-order valence-corrected chi connectivity index (χ3v) is 8.09. The molecule has 3 heterocycles. The number of amides is 1. The van der Waals surface area contributed by atoms with Gasteiger partial charge in [-0.3, -0.25) is 9.10 Å². The number of likely N-dealkylation sites (N-methyl/N-ethyl adjacent to an activating group) is 1. The van der Waals surface area contributed by atoms with Gasteiger partial charge < -0.3 is 19.9 Å². The Morgan fingerprint density at radius 3 is 2.51 bits per heavy atom. The van der Waals surface area contributed by atoms with Crippen LogP contribution in [0.4, 0.5) is 17.3 Å². The van der Waals surface area contributed by atoms with Crippen molar-refractivity contribution >= 4 is 38.8 Å². The molecule has 2 aromatic carbocycles. The van der Waals surface area contributed by atoms with Gasteiger partial charge in [0.2, 0.25) is 16.0 Å². The maximum Gasteiger partial charge on any atom is 0.254 e. The number of piperazine rings is 1. The third-order valence-electron chi connectivity index (χ3n) is 6.90. The molecule has 1 amide bonds. The Kier molecular flexibility index (Phi) is 7.15. The summed E-state index contributed by atoms with van der Waals surface area (Å²) in [5, 5.41) is 7.89. The van der Waals surface area contributed by atoms with Crippen LogP contribution in [0.1, 0.15) is 10.4 Å². The second kappa shape index (κ2) is 10.5. The summed E-state index contributed by atoms with van der Waals surface area (Å²) in [5.74, 6) is 0.794. The molecule has 204 valence electrons. The minimum atomic E-state index is -3.47. The van der Waals surface area contributed by atoms with E-state index in [1.807, 2.05) is 36.2 Å². The summed E-state index contributed by atoms with van der Waals surface area (Å²) in [6, 6.07) is 16.2. The molecule has 1 N–H and O–H groups in total. The molecule has 12 heteroatoms. The molecule has 0 saturated carbocycles. The molecule has 2 aromatic heterocycles. The van der Waals surface area contributed by atoms with Crippen molar-refractivity contribution in [2.75, 3.05) is 63.3 Å². The standard InChI is InChI=1S/C27H31N7O4S/c1-31-13-15-33(16-14-31)26(35)19-9-12-25(38-3)22(17-19)29-27-28-18-20-10-11-24(34(20)30-27)21-7-5-6-8-23(21)32(2)39(4,36)37/h5-12,17-18H,13-16H2,1-4H3,(H,29,30). The Balaban J connectivity index is 1.49. The molecule has 0 aliphatic carbocycles. The van der Waals surface area contributed by atoms with Crippen LogP contribution in [0.2, 0.25) is 0 Å². The minimum absolute atomic E-state index is 0.0375. The van der Waals surface area contributed by atoms with Crippen molar-refractivity contribution in [3.63, 3.8) is 0 Å². The molecule has 5 rings (SSSR count). The highest BCUT2D eigenvalue weighted by atomic mass is 32.2. The molecule has 1 aliphatic heterocycles. The van der Waals surface area contributed by atoms with Crippen LogP contribution in [0.25, 0.3) is 16.8 Å². The predicted molar refractivity (Wildman–Crippen MR) is 151 cm³/mol. The van der Waals surface area contributed by atoms with E-state index < -0.39 is 10.0 Å². The first-order chi connectivity index (χ1) is 18.7. The number of ether oxygens (including phenoxy) is 1. The van der Waals surface area contributed by atoms with Crippen LogP contribution >= 0.6 is 0 Å². The van der Waals surface area contributed by atoms with Gasteiger partial charge in [0.15, 0.2) is 0 Å². The number of carbonyl (C=O) groups is 1. The smallest absolute Gasteiger partial charge is 0.254 e. The lowest BCUT2D eigenvalue weighted by Crippen LogP contribution is -2.47. The number of hydrogen-bond donors (Lipinski definition) is 1. The fraction of sp³-hybridized carbons (Fsp3) is 0.296. The maximum absolute atomic E-state index is 13.2. The number of nitrogens with zero attached hydrogens (tertiary/aromatic N) is 6. The normalized spacial score (nSPS) is 14.4. The number of hydrogen-bond acceptors (Lipinski definition) is 8. The molecule has 0 spiro atoms. The van der Waals surface area contributed by atoms with Crippen molar-refractivity contribution in [1.82, 2.24) is 24.4 Å². The number of sulfonamides is 1. The van der Waals surface area contributed by atoms with Crippen LogP contribution in [-0.2, 0) is 10.0 Å². The first kappa shape index (κ1) is 26.4. The van der Waals surface area contributed by atoms with E-state index in [-0.39, 0.29) is 11.9 Å². The number of rotatable bonds is 7. The van der Waals surface area contributed by atoms with Crippen molar-refractivity contribution in [3.05, 3.63) is 66.4 Å². The van der Waals surface area contributed by atoms with Crippen LogP contribution in [0.5, 0.6) is 5.75 Å². The van der Waals surface area contributed by atoms with E-state index in [4.69, 9.17) is 4.74 Å². The monoisotopic (exact) mass is 549 g/mol. The van der Waals surface area contributed by atoms with Crippen molar-refractivity contribution in [3.8, 4) is 17.0 Å². The first-order valence-corrected chi connectivity index (χ1v) is 14.3. The van der Waals surface area contributed by atoms with Crippen LogP contribution in [-0.4, -0.2) is 92.4 Å². The van der Waals surface area contributed by atoms with Gasteiger partial charge in [0.25, 0.3) is 5.91 Å². The van der Waals surface area contributed by atoms with E-state index in [1.165, 1.54) is 17.6 Å². The van der Waals surface area contributed by atoms with Crippen LogP contribution in [0, 0.1) is 0 Å². The highest BCUT2D eigenvalue weighted by molar-refractivity contribution is 7.92. The molecular weight excluding hydrogens is 518 g/mol. The predicted octanol–water partition coefficient (Wildman–Crippen LogP) is 2.93. The van der Waals surface area contributed by atoms with Gasteiger partial charge in [0.05, 0.1) is 42.1 Å². The number of aromatic nitrogens is 3. The van der Waals surface area contributed by atoms with Gasteiger partial charge in [-0.2, -0.15) is 0 Å². The average molecular weight is 550 g/mol. The number of benzene rings is 2. The Morgan fingerprint density at radius 1 is 1.05 bits per heavy atom. The molecule has 0 atom stereocenters. The van der Waals surface area contributed by atoms with E-state index in [0.717, 1.165) is 18.6 Å². The molecule has 0 bridgehead atoms. The molecule has 0 unspecified atom stereocenters. The van der Waals surface area contributed by atoms with Crippen molar-refractivity contribution in [2.24, 2.45) is 0 Å². The summed E-state index contributed by atoms with van der Waals surface area (Å²) in [4.78, 5) is 21.7. The Hall–Kier alpha value is -4.16. The largest absolute Gasteiger partial charge is 0.495 e. The van der Waals surface area contributed by atoms with Gasteiger partial charge in [-0.25, -0.2) is 17.9 Å². The summed E-state index contributed by atoms with van der Waals surface area (Å²) in [6.07, 6.45) is 2.84. The molecule has 0 radical (unpaired) electrons. The quantitative estimate of drug-likeness (QED) is 0.375. The van der Waals surface area contributed by atoms with E-state index in [9.17, 15) is 13.2 Å². The van der Waals surface area contributed by atoms with Crippen molar-refractivity contribution in [2.45, 2.75) is 0 Å². The molecular formula is C27H31N7O4S. The summed E-state index contributed by atoms with van der Waals surface area (Å²) >= 11 is 0. The van der Waals surface area contributed by atoms with Gasteiger partial charge in [0.1, 0.15) is 5.75 Å². The van der Waals surface area contributed by atoms with Crippen LogP contribution in [0.3, 0.4) is 0 Å². The Bertz CT molecular complexity index is 1630. The minimum Gasteiger partial charge on any atom is -0.495 e. The van der Waals surface area contributed by atoms with Crippen LogP contribution < -0.4 is 14.4 Å².